The highest BCUT2D eigenvalue weighted by molar-refractivity contribution is 6.04. The number of nitrogens with one attached hydrogen (secondary N) is 2. The van der Waals surface area contributed by atoms with Crippen LogP contribution in [0.25, 0.3) is 11.1 Å². The van der Waals surface area contributed by atoms with Crippen molar-refractivity contribution in [3.05, 3.63) is 47.3 Å². The maximum absolute atomic E-state index is 14.1. The zero-order valence-electron chi connectivity index (χ0n) is 18.9. The van der Waals surface area contributed by atoms with Gasteiger partial charge in [-0.1, -0.05) is 0 Å². The molecule has 2 aromatic rings. The molecule has 9 heteroatoms. The third-order valence-electron chi connectivity index (χ3n) is 6.52. The fourth-order valence-electron chi connectivity index (χ4n) is 4.64. The van der Waals surface area contributed by atoms with Gasteiger partial charge in [0.1, 0.15) is 11.6 Å². The molecule has 1 aliphatic carbocycles. The fraction of sp³-hybridized carbons (Fsp3) is 0.458. The highest BCUT2D eigenvalue weighted by Gasteiger charge is 2.38. The molecule has 2 aliphatic rings. The number of aryl methyl sites for hydroxylation is 1. The first-order chi connectivity index (χ1) is 15.6. The van der Waals surface area contributed by atoms with E-state index in [9.17, 15) is 23.5 Å². The van der Waals surface area contributed by atoms with Crippen LogP contribution < -0.4 is 15.5 Å². The predicted octanol–water partition coefficient (Wildman–Crippen LogP) is 4.10. The van der Waals surface area contributed by atoms with Gasteiger partial charge < -0.3 is 20.6 Å². The quantitative estimate of drug-likeness (QED) is 0.606. The number of hydrogen-bond acceptors (Lipinski definition) is 4. The Morgan fingerprint density at radius 1 is 1.24 bits per heavy atom. The Balaban J connectivity index is 1.82. The molecule has 1 aliphatic heterocycles. The second-order valence-electron chi connectivity index (χ2n) is 9.40. The molecule has 4 rings (SSSR count). The number of amides is 2. The highest BCUT2D eigenvalue weighted by atomic mass is 19.1. The number of pyridine rings is 1. The van der Waals surface area contributed by atoms with E-state index in [1.54, 1.807) is 13.8 Å². The van der Waals surface area contributed by atoms with Crippen molar-refractivity contribution >= 4 is 17.7 Å². The van der Waals surface area contributed by atoms with Crippen LogP contribution in [-0.2, 0) is 0 Å². The number of benzene rings is 1. The van der Waals surface area contributed by atoms with Crippen molar-refractivity contribution in [3.8, 4) is 11.1 Å². The summed E-state index contributed by atoms with van der Waals surface area (Å²) in [5.74, 6) is -1.32. The molecule has 3 N–H and O–H groups in total. The molecule has 2 amide bonds. The first-order valence-corrected chi connectivity index (χ1v) is 11.1. The maximum Gasteiger partial charge on any atom is 0.405 e. The zero-order valence-corrected chi connectivity index (χ0v) is 18.9. The van der Waals surface area contributed by atoms with Crippen molar-refractivity contribution in [2.75, 3.05) is 18.0 Å². The van der Waals surface area contributed by atoms with E-state index in [-0.39, 0.29) is 17.5 Å². The van der Waals surface area contributed by atoms with Gasteiger partial charge >= 0.3 is 6.09 Å². The number of carboxylic acid groups (broad SMARTS) is 1. The summed E-state index contributed by atoms with van der Waals surface area (Å²) in [7, 11) is 0. The molecule has 2 heterocycles. The lowest BCUT2D eigenvalue weighted by atomic mass is 9.97. The van der Waals surface area contributed by atoms with Gasteiger partial charge in [0.25, 0.3) is 5.91 Å². The Morgan fingerprint density at radius 2 is 1.91 bits per heavy atom. The number of hydrogen-bond donors (Lipinski definition) is 3. The van der Waals surface area contributed by atoms with Crippen molar-refractivity contribution in [3.63, 3.8) is 0 Å². The van der Waals surface area contributed by atoms with E-state index in [2.05, 4.69) is 15.6 Å². The van der Waals surface area contributed by atoms with Crippen LogP contribution in [0.2, 0.25) is 0 Å². The second-order valence-corrected chi connectivity index (χ2v) is 9.40. The smallest absolute Gasteiger partial charge is 0.405 e. The van der Waals surface area contributed by atoms with Crippen LogP contribution in [0, 0.1) is 24.5 Å². The van der Waals surface area contributed by atoms with E-state index in [0.717, 1.165) is 18.9 Å². The van der Waals surface area contributed by atoms with Crippen LogP contribution in [-0.4, -0.2) is 46.8 Å². The molecule has 1 aromatic carbocycles. The molecule has 1 saturated heterocycles. The van der Waals surface area contributed by atoms with Gasteiger partial charge in [0.05, 0.1) is 16.8 Å². The van der Waals surface area contributed by atoms with Gasteiger partial charge in [-0.15, -0.1) is 0 Å². The van der Waals surface area contributed by atoms with Crippen molar-refractivity contribution in [2.24, 2.45) is 5.92 Å². The Bertz CT molecular complexity index is 1090. The van der Waals surface area contributed by atoms with Crippen molar-refractivity contribution < 1.29 is 23.5 Å². The van der Waals surface area contributed by atoms with Crippen LogP contribution in [0.3, 0.4) is 0 Å². The summed E-state index contributed by atoms with van der Waals surface area (Å²) in [6.45, 7) is 6.24. The van der Waals surface area contributed by atoms with Crippen LogP contribution in [0.1, 0.15) is 49.2 Å². The van der Waals surface area contributed by atoms with Crippen molar-refractivity contribution in [1.82, 2.24) is 15.6 Å². The van der Waals surface area contributed by atoms with E-state index in [4.69, 9.17) is 0 Å². The minimum absolute atomic E-state index is 0.000705. The van der Waals surface area contributed by atoms with Crippen LogP contribution in [0.4, 0.5) is 19.3 Å². The summed E-state index contributed by atoms with van der Waals surface area (Å²) >= 11 is 0. The Labute approximate surface area is 191 Å². The Kier molecular flexibility index (Phi) is 5.99. The van der Waals surface area contributed by atoms with Crippen LogP contribution in [0.5, 0.6) is 0 Å². The third-order valence-corrected chi connectivity index (χ3v) is 6.52. The lowest BCUT2D eigenvalue weighted by Gasteiger charge is -2.29. The largest absolute Gasteiger partial charge is 0.465 e. The number of nitrogens with zero attached hydrogens (tertiary/aromatic N) is 2. The van der Waals surface area contributed by atoms with Gasteiger partial charge in [0, 0.05) is 42.7 Å². The molecule has 2 atom stereocenters. The summed E-state index contributed by atoms with van der Waals surface area (Å²) in [6, 6.07) is 3.23. The number of rotatable bonds is 6. The van der Waals surface area contributed by atoms with Crippen molar-refractivity contribution in [1.29, 1.82) is 0 Å². The number of carbonyl (C=O) groups excluding carboxylic acids is 1. The van der Waals surface area contributed by atoms with Gasteiger partial charge in [-0.3, -0.25) is 9.78 Å². The standard InChI is InChI=1S/C24H28F2N4O3/c1-13(15-4-5-15)28-22(31)19-11-27-14(2)20(16-8-17(25)10-18(26)9-16)21(19)30-7-6-24(3,12-30)29-23(32)33/h8-11,13,15,29H,4-7,12H2,1-3H3,(H,28,31)(H,32,33)/t13-,24-/m0/s1. The maximum atomic E-state index is 14.1. The third kappa shape index (κ3) is 4.91. The highest BCUT2D eigenvalue weighted by Crippen LogP contribution is 2.40. The minimum Gasteiger partial charge on any atom is -0.465 e. The van der Waals surface area contributed by atoms with E-state index in [0.29, 0.717) is 47.9 Å². The van der Waals surface area contributed by atoms with E-state index < -0.39 is 23.3 Å². The van der Waals surface area contributed by atoms with E-state index >= 15 is 0 Å². The van der Waals surface area contributed by atoms with Gasteiger partial charge in [0.15, 0.2) is 0 Å². The SMILES string of the molecule is Cc1ncc(C(=O)N[C@@H](C)C2CC2)c(N2CC[C@](C)(NC(=O)O)C2)c1-c1cc(F)cc(F)c1. The first kappa shape index (κ1) is 22.9. The average Bonchev–Trinajstić information content (AvgIpc) is 3.49. The van der Waals surface area contributed by atoms with Gasteiger partial charge in [-0.05, 0) is 63.6 Å². The topological polar surface area (TPSA) is 94.6 Å². The molecule has 176 valence electrons. The van der Waals surface area contributed by atoms with Crippen LogP contribution in [0.15, 0.2) is 24.4 Å². The van der Waals surface area contributed by atoms with Gasteiger partial charge in [-0.25, -0.2) is 13.6 Å². The van der Waals surface area contributed by atoms with E-state index in [1.807, 2.05) is 11.8 Å². The lowest BCUT2D eigenvalue weighted by molar-refractivity contribution is 0.0936. The molecule has 0 spiro atoms. The summed E-state index contributed by atoms with van der Waals surface area (Å²) in [5, 5.41) is 14.8. The van der Waals surface area contributed by atoms with Crippen LogP contribution >= 0.6 is 0 Å². The molecular weight excluding hydrogens is 430 g/mol. The number of anilines is 1. The summed E-state index contributed by atoms with van der Waals surface area (Å²) in [4.78, 5) is 30.9. The number of aromatic nitrogens is 1. The molecule has 0 bridgehead atoms. The lowest BCUT2D eigenvalue weighted by Crippen LogP contribution is -2.47. The van der Waals surface area contributed by atoms with Gasteiger partial charge in [0.2, 0.25) is 0 Å². The normalized spacial score (nSPS) is 21.1. The second kappa shape index (κ2) is 8.61. The Hall–Kier alpha value is -3.23. The zero-order chi connectivity index (χ0) is 23.9. The summed E-state index contributed by atoms with van der Waals surface area (Å²) in [5.41, 5.74) is 1.32. The van der Waals surface area contributed by atoms with Crippen molar-refractivity contribution in [2.45, 2.75) is 51.6 Å². The minimum atomic E-state index is -1.13. The predicted molar refractivity (Wildman–Crippen MR) is 120 cm³/mol. The molecule has 1 saturated carbocycles. The molecule has 7 nitrogen and oxygen atoms in total. The molecule has 0 unspecified atom stereocenters. The molecule has 2 fully saturated rings. The molecule has 0 radical (unpaired) electrons. The molecule has 33 heavy (non-hydrogen) atoms. The number of halogens is 2. The summed E-state index contributed by atoms with van der Waals surface area (Å²) in [6.07, 6.45) is 3.00. The Morgan fingerprint density at radius 3 is 2.52 bits per heavy atom. The molecular formula is C24H28F2N4O3. The molecule has 1 aromatic heterocycles. The fourth-order valence-corrected chi connectivity index (χ4v) is 4.64. The van der Waals surface area contributed by atoms with E-state index in [1.165, 1.54) is 18.3 Å². The van der Waals surface area contributed by atoms with Gasteiger partial charge in [-0.2, -0.15) is 0 Å². The summed E-state index contributed by atoms with van der Waals surface area (Å²) < 4.78 is 28.2. The number of carbonyl (C=O) groups is 2. The average molecular weight is 459 g/mol. The first-order valence-electron chi connectivity index (χ1n) is 11.1. The monoisotopic (exact) mass is 458 g/mol.